The fourth-order valence-electron chi connectivity index (χ4n) is 10.5. The van der Waals surface area contributed by atoms with Gasteiger partial charge in [-0.3, -0.25) is 37.3 Å². The van der Waals surface area contributed by atoms with Crippen molar-refractivity contribution in [1.82, 2.24) is 0 Å². The molecule has 19 heteroatoms. The smallest absolute Gasteiger partial charge is 0.462 e. The number of allylic oxidation sites excluding steroid dienone is 25. The fourth-order valence-corrected chi connectivity index (χ4v) is 12.0. The van der Waals surface area contributed by atoms with Gasteiger partial charge in [-0.05, 0) is 128 Å². The molecule has 5 atom stereocenters. The second-order valence-electron chi connectivity index (χ2n) is 26.6. The van der Waals surface area contributed by atoms with Crippen molar-refractivity contribution in [3.05, 3.63) is 158 Å². The molecule has 0 aliphatic rings. The predicted octanol–water partition coefficient (Wildman–Crippen LogP) is 24.0. The van der Waals surface area contributed by atoms with Crippen LogP contribution in [0.1, 0.15) is 310 Å². The first-order valence-electron chi connectivity index (χ1n) is 40.7. The summed E-state index contributed by atoms with van der Waals surface area (Å²) in [6, 6.07) is 0. The highest BCUT2D eigenvalue weighted by atomic mass is 31.2. The summed E-state index contributed by atoms with van der Waals surface area (Å²) >= 11 is 0. The number of aliphatic hydroxyl groups is 1. The van der Waals surface area contributed by atoms with Crippen LogP contribution in [0.3, 0.4) is 0 Å². The van der Waals surface area contributed by atoms with Gasteiger partial charge in [-0.1, -0.05) is 314 Å². The van der Waals surface area contributed by atoms with Crippen molar-refractivity contribution in [3.63, 3.8) is 0 Å². The summed E-state index contributed by atoms with van der Waals surface area (Å²) in [5, 5.41) is 10.6. The minimum atomic E-state index is -5.00. The molecule has 0 aromatic rings. The van der Waals surface area contributed by atoms with Gasteiger partial charge in [0.25, 0.3) is 0 Å². The average molecular weight is 1520 g/mol. The molecule has 5 unspecified atom stereocenters. The molecule has 0 bridgehead atoms. The summed E-state index contributed by atoms with van der Waals surface area (Å²) in [6.07, 6.45) is 91.0. The minimum Gasteiger partial charge on any atom is -0.462 e. The topological polar surface area (TPSA) is 237 Å². The van der Waals surface area contributed by atoms with Gasteiger partial charge < -0.3 is 33.8 Å². The molecule has 0 saturated carbocycles. The van der Waals surface area contributed by atoms with Crippen molar-refractivity contribution in [2.75, 3.05) is 39.6 Å². The number of ether oxygens (including phenoxy) is 4. The van der Waals surface area contributed by atoms with Crippen LogP contribution in [0.25, 0.3) is 0 Å². The van der Waals surface area contributed by atoms with Crippen molar-refractivity contribution in [2.24, 2.45) is 0 Å². The Morgan fingerprint density at radius 3 is 0.840 bits per heavy atom. The third-order valence-electron chi connectivity index (χ3n) is 16.5. The van der Waals surface area contributed by atoms with Crippen LogP contribution in [0.15, 0.2) is 158 Å². The van der Waals surface area contributed by atoms with E-state index in [1.165, 1.54) is 51.4 Å². The lowest BCUT2D eigenvalue weighted by Crippen LogP contribution is -2.30. The second-order valence-corrected chi connectivity index (χ2v) is 29.5. The number of esters is 4. The minimum absolute atomic E-state index is 0.0684. The third-order valence-corrected chi connectivity index (χ3v) is 18.4. The number of rotatable bonds is 75. The standard InChI is InChI=1S/C87H144O17P2/c1-5-9-13-17-21-25-29-33-36-38-40-42-45-49-52-56-60-64-68-72-85(90)98-78-83(104-87(92)74-70-66-62-58-54-50-46-43-41-39-37-34-30-26-22-18-14-10-6-2)80-102-106(95,96)100-76-81(88)75-99-105(93,94)101-79-82(103-86(91)73-69-65-61-57-53-47-32-28-24-20-16-12-8-4)77-97-84(89)71-67-63-59-55-51-48-44-35-31-27-23-19-15-11-7-3/h9-11,13-15,21-23,25-27,33-37,40-44,51,55,63,67,81-83,88H,5-8,12,16-20,24,28-32,38-39,45-50,52-54,56-62,64-66,68-80H2,1-4H3,(H,93,94)(H,95,96)/b13-9-,14-10-,15-11-,25-21-,26-22-,27-23-,36-33-,37-34-,42-40-,43-41-,44-35-,55-51-,67-63-. The predicted molar refractivity (Wildman–Crippen MR) is 436 cm³/mol. The van der Waals surface area contributed by atoms with E-state index in [9.17, 15) is 43.2 Å². The molecular weight excluding hydrogens is 1380 g/mol. The molecule has 0 heterocycles. The molecule has 0 aliphatic heterocycles. The highest BCUT2D eigenvalue weighted by Gasteiger charge is 2.30. The van der Waals surface area contributed by atoms with Crippen LogP contribution in [0.2, 0.25) is 0 Å². The van der Waals surface area contributed by atoms with Gasteiger partial charge in [0, 0.05) is 19.3 Å². The van der Waals surface area contributed by atoms with Crippen molar-refractivity contribution in [1.29, 1.82) is 0 Å². The number of aliphatic hydroxyl groups excluding tert-OH is 1. The Morgan fingerprint density at radius 2 is 0.528 bits per heavy atom. The van der Waals surface area contributed by atoms with Crippen molar-refractivity contribution in [3.8, 4) is 0 Å². The van der Waals surface area contributed by atoms with Gasteiger partial charge in [0.15, 0.2) is 12.2 Å². The Balaban J connectivity index is 5.45. The van der Waals surface area contributed by atoms with Gasteiger partial charge in [0.05, 0.1) is 32.8 Å². The molecule has 0 rings (SSSR count). The molecule has 604 valence electrons. The summed E-state index contributed by atoms with van der Waals surface area (Å²) in [5.74, 6) is -2.35. The van der Waals surface area contributed by atoms with Crippen LogP contribution in [-0.4, -0.2) is 96.7 Å². The van der Waals surface area contributed by atoms with E-state index in [-0.39, 0.29) is 25.7 Å². The molecule has 0 aliphatic carbocycles. The molecule has 0 radical (unpaired) electrons. The van der Waals surface area contributed by atoms with Gasteiger partial charge in [0.2, 0.25) is 0 Å². The summed E-state index contributed by atoms with van der Waals surface area (Å²) < 4.78 is 68.5. The van der Waals surface area contributed by atoms with Crippen LogP contribution < -0.4 is 0 Å². The van der Waals surface area contributed by atoms with Crippen molar-refractivity contribution in [2.45, 2.75) is 329 Å². The van der Waals surface area contributed by atoms with E-state index in [1.807, 2.05) is 18.2 Å². The Kier molecular flexibility index (Phi) is 73.9. The SMILES string of the molecule is CC/C=C\C/C=C\C/C=C\C/C=C\C/C=C\CC(=O)OCC(COP(=O)(O)OCC(O)COP(=O)(O)OCC(COC(=O)CCCCCCCC/C=C\C/C=C\C/C=C\C/C=C\CC)OC(=O)CCCCCCCC/C=C\C/C=C\C/C=C\C/C=C\CC)OC(=O)CCCCCCCCCCCCCCC. The van der Waals surface area contributed by atoms with Gasteiger partial charge >= 0.3 is 39.5 Å². The largest absolute Gasteiger partial charge is 0.472 e. The van der Waals surface area contributed by atoms with Gasteiger partial charge in [-0.2, -0.15) is 0 Å². The number of unbranched alkanes of at least 4 members (excludes halogenated alkanes) is 24. The molecular formula is C87H144O17P2. The van der Waals surface area contributed by atoms with Crippen LogP contribution in [-0.2, 0) is 65.4 Å². The maximum absolute atomic E-state index is 13.1. The lowest BCUT2D eigenvalue weighted by molar-refractivity contribution is -0.161. The first kappa shape index (κ1) is 101. The maximum atomic E-state index is 13.1. The number of hydrogen-bond acceptors (Lipinski definition) is 15. The van der Waals surface area contributed by atoms with E-state index in [4.69, 9.17) is 37.0 Å². The zero-order valence-corrected chi connectivity index (χ0v) is 67.8. The zero-order chi connectivity index (χ0) is 77.4. The van der Waals surface area contributed by atoms with E-state index < -0.39 is 97.5 Å². The highest BCUT2D eigenvalue weighted by molar-refractivity contribution is 7.47. The first-order valence-corrected chi connectivity index (χ1v) is 43.7. The lowest BCUT2D eigenvalue weighted by atomic mass is 10.0. The molecule has 106 heavy (non-hydrogen) atoms. The summed E-state index contributed by atoms with van der Waals surface area (Å²) in [6.45, 7) is 4.40. The second kappa shape index (κ2) is 77.8. The molecule has 0 aromatic heterocycles. The third kappa shape index (κ3) is 76.9. The van der Waals surface area contributed by atoms with E-state index >= 15 is 0 Å². The number of carbonyl (C=O) groups is 4. The number of phosphoric acid groups is 2. The van der Waals surface area contributed by atoms with Gasteiger partial charge in [-0.15, -0.1) is 0 Å². The summed E-state index contributed by atoms with van der Waals surface area (Å²) in [5.41, 5.74) is 0. The zero-order valence-electron chi connectivity index (χ0n) is 66.1. The molecule has 3 N–H and O–H groups in total. The quantitative estimate of drug-likeness (QED) is 0.0169. The average Bonchev–Trinajstić information content (AvgIpc) is 0.901. The van der Waals surface area contributed by atoms with E-state index in [0.717, 1.165) is 180 Å². The Labute approximate surface area is 642 Å². The number of carbonyl (C=O) groups excluding carboxylic acids is 4. The molecule has 0 fully saturated rings. The molecule has 0 amide bonds. The van der Waals surface area contributed by atoms with Crippen LogP contribution >= 0.6 is 15.6 Å². The number of phosphoric ester groups is 2. The van der Waals surface area contributed by atoms with Gasteiger partial charge in [0.1, 0.15) is 19.3 Å². The Morgan fingerprint density at radius 1 is 0.283 bits per heavy atom. The van der Waals surface area contributed by atoms with Gasteiger partial charge in [-0.25, -0.2) is 9.13 Å². The first-order chi connectivity index (χ1) is 51.7. The fraction of sp³-hybridized carbons (Fsp3) is 0.655. The highest BCUT2D eigenvalue weighted by Crippen LogP contribution is 2.45. The normalized spacial score (nSPS) is 14.7. The number of hydrogen-bond donors (Lipinski definition) is 3. The van der Waals surface area contributed by atoms with E-state index in [2.05, 4.69) is 161 Å². The molecule has 17 nitrogen and oxygen atoms in total. The van der Waals surface area contributed by atoms with Crippen LogP contribution in [0.5, 0.6) is 0 Å². The Hall–Kier alpha value is -5.32. The van der Waals surface area contributed by atoms with Crippen LogP contribution in [0.4, 0.5) is 0 Å². The van der Waals surface area contributed by atoms with Crippen LogP contribution in [0, 0.1) is 0 Å². The summed E-state index contributed by atoms with van der Waals surface area (Å²) in [7, 11) is -10.00. The maximum Gasteiger partial charge on any atom is 0.472 e. The van der Waals surface area contributed by atoms with Crippen molar-refractivity contribution < 1.29 is 80.2 Å². The molecule has 0 aromatic carbocycles. The van der Waals surface area contributed by atoms with E-state index in [1.54, 1.807) is 6.08 Å². The molecule has 0 saturated heterocycles. The Bertz CT molecular complexity index is 2630. The lowest BCUT2D eigenvalue weighted by Gasteiger charge is -2.21. The summed E-state index contributed by atoms with van der Waals surface area (Å²) in [4.78, 5) is 73.0. The van der Waals surface area contributed by atoms with Crippen molar-refractivity contribution >= 4 is 39.5 Å². The molecule has 0 spiro atoms. The van der Waals surface area contributed by atoms with E-state index in [0.29, 0.717) is 25.7 Å². The monoisotopic (exact) mass is 1520 g/mol.